The van der Waals surface area contributed by atoms with Gasteiger partial charge in [-0.2, -0.15) is 0 Å². The highest BCUT2D eigenvalue weighted by Crippen LogP contribution is 2.26. The van der Waals surface area contributed by atoms with Gasteiger partial charge in [-0.1, -0.05) is 0 Å². The van der Waals surface area contributed by atoms with Gasteiger partial charge in [0.2, 0.25) is 5.91 Å². The molecule has 1 aliphatic rings. The summed E-state index contributed by atoms with van der Waals surface area (Å²) in [4.78, 5) is 15.7. The summed E-state index contributed by atoms with van der Waals surface area (Å²) in [5.41, 5.74) is 0. The van der Waals surface area contributed by atoms with Gasteiger partial charge in [0.1, 0.15) is 0 Å². The fourth-order valence-electron chi connectivity index (χ4n) is 2.04. The summed E-state index contributed by atoms with van der Waals surface area (Å²) in [6.45, 7) is 2.06. The van der Waals surface area contributed by atoms with Crippen LogP contribution < -0.4 is 5.32 Å². The fourth-order valence-corrected chi connectivity index (χ4v) is 2.98. The summed E-state index contributed by atoms with van der Waals surface area (Å²) in [5, 5.41) is 2.58. The van der Waals surface area contributed by atoms with E-state index >= 15 is 0 Å². The molecule has 0 bridgehead atoms. The van der Waals surface area contributed by atoms with Gasteiger partial charge in [0.15, 0.2) is 0 Å². The van der Waals surface area contributed by atoms with E-state index < -0.39 is 24.9 Å². The Labute approximate surface area is 121 Å². The van der Waals surface area contributed by atoms with E-state index in [1.807, 2.05) is 19.1 Å². The molecule has 3 nitrogen and oxygen atoms in total. The first kappa shape index (κ1) is 16.3. The molecule has 0 saturated carbocycles. The standard InChI is InChI=1S/C12H16F2N2OS.ClH/c1-8-3-4-9(18-8)6-16(2)11(17)10-5-12(13,14)7-15-10;/h3-4,10,15H,5-7H2,1-2H3;1H. The summed E-state index contributed by atoms with van der Waals surface area (Å²) in [6.07, 6.45) is -0.403. The van der Waals surface area contributed by atoms with Crippen molar-refractivity contribution in [2.75, 3.05) is 13.6 Å². The van der Waals surface area contributed by atoms with Crippen LogP contribution in [0.25, 0.3) is 0 Å². The summed E-state index contributed by atoms with van der Waals surface area (Å²) in [7, 11) is 1.65. The number of amides is 1. The van der Waals surface area contributed by atoms with Crippen LogP contribution in [0.15, 0.2) is 12.1 Å². The number of carbonyl (C=O) groups is 1. The minimum atomic E-state index is -2.76. The van der Waals surface area contributed by atoms with Crippen molar-refractivity contribution >= 4 is 29.7 Å². The number of rotatable bonds is 3. The summed E-state index contributed by atoms with van der Waals surface area (Å²) >= 11 is 1.61. The van der Waals surface area contributed by atoms with E-state index in [-0.39, 0.29) is 18.3 Å². The number of nitrogens with one attached hydrogen (secondary N) is 1. The van der Waals surface area contributed by atoms with Gasteiger partial charge < -0.3 is 4.90 Å². The molecule has 1 unspecified atom stereocenters. The Hall–Kier alpha value is -0.720. The second-order valence-electron chi connectivity index (χ2n) is 4.70. The largest absolute Gasteiger partial charge is 0.339 e. The Balaban J connectivity index is 0.00000180. The first-order valence-corrected chi connectivity index (χ1v) is 6.60. The highest BCUT2D eigenvalue weighted by Gasteiger charge is 2.43. The number of hydrogen-bond acceptors (Lipinski definition) is 3. The van der Waals surface area contributed by atoms with E-state index in [0.29, 0.717) is 6.54 Å². The molecule has 0 radical (unpaired) electrons. The Morgan fingerprint density at radius 3 is 2.74 bits per heavy atom. The Kier molecular flexibility index (Phi) is 5.29. The Morgan fingerprint density at radius 2 is 2.26 bits per heavy atom. The molecular formula is C12H17ClF2N2OS. The van der Waals surface area contributed by atoms with Crippen LogP contribution in [-0.4, -0.2) is 36.4 Å². The number of halogens is 3. The minimum Gasteiger partial charge on any atom is -0.339 e. The average Bonchev–Trinajstić information content (AvgIpc) is 2.83. The average molecular weight is 311 g/mol. The van der Waals surface area contributed by atoms with Crippen LogP contribution in [0.3, 0.4) is 0 Å². The quantitative estimate of drug-likeness (QED) is 0.930. The first-order valence-electron chi connectivity index (χ1n) is 5.79. The molecule has 1 fully saturated rings. The summed E-state index contributed by atoms with van der Waals surface area (Å²) in [5.74, 6) is -3.03. The van der Waals surface area contributed by atoms with Gasteiger partial charge in [-0.05, 0) is 19.1 Å². The molecule has 0 aliphatic carbocycles. The summed E-state index contributed by atoms with van der Waals surface area (Å²) < 4.78 is 26.0. The molecule has 1 aliphatic heterocycles. The van der Waals surface area contributed by atoms with Crippen molar-refractivity contribution in [3.8, 4) is 0 Å². The van der Waals surface area contributed by atoms with E-state index in [1.54, 1.807) is 18.4 Å². The molecule has 2 rings (SSSR count). The normalized spacial score (nSPS) is 20.9. The van der Waals surface area contributed by atoms with Crippen molar-refractivity contribution in [2.24, 2.45) is 0 Å². The number of thiophene rings is 1. The van der Waals surface area contributed by atoms with Gasteiger partial charge in [0.25, 0.3) is 5.92 Å². The zero-order chi connectivity index (χ0) is 13.3. The number of aryl methyl sites for hydroxylation is 1. The Morgan fingerprint density at radius 1 is 1.58 bits per heavy atom. The molecule has 1 amide bonds. The van der Waals surface area contributed by atoms with Gasteiger partial charge in [-0.15, -0.1) is 23.7 Å². The molecule has 108 valence electrons. The maximum absolute atomic E-state index is 13.0. The number of hydrogen-bond donors (Lipinski definition) is 1. The maximum Gasteiger partial charge on any atom is 0.262 e. The molecule has 1 saturated heterocycles. The van der Waals surface area contributed by atoms with E-state index in [9.17, 15) is 13.6 Å². The van der Waals surface area contributed by atoms with Crippen molar-refractivity contribution in [3.63, 3.8) is 0 Å². The molecule has 1 N–H and O–H groups in total. The molecule has 7 heteroatoms. The number of alkyl halides is 2. The molecule has 0 aromatic carbocycles. The van der Waals surface area contributed by atoms with E-state index in [1.165, 1.54) is 9.78 Å². The minimum absolute atomic E-state index is 0. The zero-order valence-corrected chi connectivity index (χ0v) is 12.4. The third-order valence-electron chi connectivity index (χ3n) is 2.97. The van der Waals surface area contributed by atoms with Crippen LogP contribution in [0.2, 0.25) is 0 Å². The predicted octanol–water partition coefficient (Wildman–Crippen LogP) is 2.43. The topological polar surface area (TPSA) is 32.3 Å². The fraction of sp³-hybridized carbons (Fsp3) is 0.583. The zero-order valence-electron chi connectivity index (χ0n) is 10.8. The molecule has 1 aromatic heterocycles. The smallest absolute Gasteiger partial charge is 0.262 e. The molecule has 19 heavy (non-hydrogen) atoms. The lowest BCUT2D eigenvalue weighted by Gasteiger charge is -2.20. The molecule has 1 aromatic rings. The first-order chi connectivity index (χ1) is 8.37. The van der Waals surface area contributed by atoms with Gasteiger partial charge >= 0.3 is 0 Å². The van der Waals surface area contributed by atoms with Crippen LogP contribution >= 0.6 is 23.7 Å². The second kappa shape index (κ2) is 6.15. The van der Waals surface area contributed by atoms with Crippen LogP contribution in [0.1, 0.15) is 16.2 Å². The number of likely N-dealkylation sites (N-methyl/N-ethyl adjacent to an activating group) is 1. The third-order valence-corrected chi connectivity index (χ3v) is 3.96. The highest BCUT2D eigenvalue weighted by molar-refractivity contribution is 7.11. The van der Waals surface area contributed by atoms with Crippen molar-refractivity contribution in [1.82, 2.24) is 10.2 Å². The van der Waals surface area contributed by atoms with Crippen LogP contribution in [0.4, 0.5) is 8.78 Å². The predicted molar refractivity (Wildman–Crippen MR) is 74.1 cm³/mol. The van der Waals surface area contributed by atoms with E-state index in [0.717, 1.165) is 4.88 Å². The van der Waals surface area contributed by atoms with Crippen LogP contribution in [0.5, 0.6) is 0 Å². The number of nitrogens with zero attached hydrogens (tertiary/aromatic N) is 1. The Bertz CT molecular complexity index is 453. The van der Waals surface area contributed by atoms with Crippen molar-refractivity contribution in [1.29, 1.82) is 0 Å². The van der Waals surface area contributed by atoms with Crippen molar-refractivity contribution < 1.29 is 13.6 Å². The summed E-state index contributed by atoms with van der Waals surface area (Å²) in [6, 6.07) is 3.19. The molecule has 2 heterocycles. The molecular weight excluding hydrogens is 294 g/mol. The number of carbonyl (C=O) groups excluding carboxylic acids is 1. The van der Waals surface area contributed by atoms with Gasteiger partial charge in [0.05, 0.1) is 19.1 Å². The lowest BCUT2D eigenvalue weighted by molar-refractivity contribution is -0.132. The molecule has 1 atom stereocenters. The van der Waals surface area contributed by atoms with Crippen LogP contribution in [-0.2, 0) is 11.3 Å². The SMILES string of the molecule is Cc1ccc(CN(C)C(=O)C2CC(F)(F)CN2)s1.Cl. The van der Waals surface area contributed by atoms with Crippen LogP contribution in [0, 0.1) is 6.92 Å². The van der Waals surface area contributed by atoms with E-state index in [4.69, 9.17) is 0 Å². The van der Waals surface area contributed by atoms with Gasteiger partial charge in [-0.3, -0.25) is 10.1 Å². The van der Waals surface area contributed by atoms with Crippen molar-refractivity contribution in [2.45, 2.75) is 31.9 Å². The maximum atomic E-state index is 13.0. The van der Waals surface area contributed by atoms with Crippen molar-refractivity contribution in [3.05, 3.63) is 21.9 Å². The van der Waals surface area contributed by atoms with Gasteiger partial charge in [0, 0.05) is 23.2 Å². The monoisotopic (exact) mass is 310 g/mol. The lowest BCUT2D eigenvalue weighted by atomic mass is 10.1. The lowest BCUT2D eigenvalue weighted by Crippen LogP contribution is -2.41. The second-order valence-corrected chi connectivity index (χ2v) is 6.07. The highest BCUT2D eigenvalue weighted by atomic mass is 35.5. The molecule has 0 spiro atoms. The van der Waals surface area contributed by atoms with Gasteiger partial charge in [-0.25, -0.2) is 8.78 Å². The third kappa shape index (κ3) is 4.12. The van der Waals surface area contributed by atoms with E-state index in [2.05, 4.69) is 5.32 Å².